The van der Waals surface area contributed by atoms with E-state index in [9.17, 15) is 8.78 Å². The molecule has 1 fully saturated rings. The summed E-state index contributed by atoms with van der Waals surface area (Å²) in [6.45, 7) is -1.27. The summed E-state index contributed by atoms with van der Waals surface area (Å²) in [7, 11) is 0. The zero-order chi connectivity index (χ0) is 22.3. The van der Waals surface area contributed by atoms with Crippen molar-refractivity contribution in [1.82, 2.24) is 20.3 Å². The van der Waals surface area contributed by atoms with Gasteiger partial charge in [-0.3, -0.25) is 4.98 Å². The minimum absolute atomic E-state index is 0.0252. The quantitative estimate of drug-likeness (QED) is 0.544. The second kappa shape index (κ2) is 9.98. The second-order valence-corrected chi connectivity index (χ2v) is 7.11. The van der Waals surface area contributed by atoms with Crippen LogP contribution in [0.15, 0.2) is 48.9 Å². The molecule has 2 N–H and O–H groups in total. The lowest BCUT2D eigenvalue weighted by Crippen LogP contribution is -2.29. The number of aromatic nitrogens is 3. The van der Waals surface area contributed by atoms with Crippen LogP contribution in [0, 0.1) is 11.3 Å². The van der Waals surface area contributed by atoms with E-state index in [1.807, 2.05) is 6.07 Å². The molecule has 0 spiro atoms. The van der Waals surface area contributed by atoms with Crippen LogP contribution in [0.3, 0.4) is 0 Å². The van der Waals surface area contributed by atoms with E-state index in [-0.39, 0.29) is 11.6 Å². The van der Waals surface area contributed by atoms with Crippen molar-refractivity contribution in [2.24, 2.45) is 0 Å². The third-order valence-electron chi connectivity index (χ3n) is 4.85. The summed E-state index contributed by atoms with van der Waals surface area (Å²) in [6, 6.07) is 9.81. The van der Waals surface area contributed by atoms with E-state index in [1.165, 1.54) is 30.5 Å². The molecule has 8 nitrogen and oxygen atoms in total. The summed E-state index contributed by atoms with van der Waals surface area (Å²) in [6.07, 6.45) is 6.81. The summed E-state index contributed by atoms with van der Waals surface area (Å²) in [5.74, 6) is 1.06. The van der Waals surface area contributed by atoms with Crippen molar-refractivity contribution in [1.29, 1.82) is 5.26 Å². The number of nitrogens with one attached hydrogen (secondary N) is 2. The first-order valence-electron chi connectivity index (χ1n) is 10.0. The number of anilines is 1. The Morgan fingerprint density at radius 2 is 2.00 bits per heavy atom. The molecule has 1 atom stereocenters. The normalized spacial score (nSPS) is 15.4. The van der Waals surface area contributed by atoms with Crippen molar-refractivity contribution in [3.8, 4) is 34.7 Å². The standard InChI is InChI=1S/C22H20F2N6O2/c23-22(24)32-18-5-3-17(4-6-18)31-21-20(28-12-16-2-1-7-27-16)29-13-19(30-21)15-8-14(9-25)10-26-11-15/h3-6,8,10-11,13,16,22,27H,1-2,7,12H2,(H,28,29)/t16-/m0/s1. The Morgan fingerprint density at radius 1 is 1.19 bits per heavy atom. The van der Waals surface area contributed by atoms with E-state index < -0.39 is 6.61 Å². The molecule has 0 saturated carbocycles. The van der Waals surface area contributed by atoms with Crippen LogP contribution in [0.2, 0.25) is 0 Å². The maximum absolute atomic E-state index is 12.4. The molecule has 164 valence electrons. The fourth-order valence-corrected chi connectivity index (χ4v) is 3.30. The molecule has 0 unspecified atom stereocenters. The molecule has 0 radical (unpaired) electrons. The molecular weight excluding hydrogens is 418 g/mol. The maximum atomic E-state index is 12.4. The maximum Gasteiger partial charge on any atom is 0.387 e. The topological polar surface area (TPSA) is 105 Å². The summed E-state index contributed by atoms with van der Waals surface area (Å²) in [4.78, 5) is 13.1. The number of rotatable bonds is 8. The van der Waals surface area contributed by atoms with Gasteiger partial charge in [0.15, 0.2) is 5.82 Å². The minimum Gasteiger partial charge on any atom is -0.436 e. The molecule has 3 aromatic rings. The summed E-state index contributed by atoms with van der Waals surface area (Å²) < 4.78 is 35.1. The van der Waals surface area contributed by atoms with Gasteiger partial charge in [0.25, 0.3) is 5.88 Å². The summed E-state index contributed by atoms with van der Waals surface area (Å²) >= 11 is 0. The molecule has 1 aromatic carbocycles. The van der Waals surface area contributed by atoms with Crippen molar-refractivity contribution in [2.45, 2.75) is 25.5 Å². The highest BCUT2D eigenvalue weighted by molar-refractivity contribution is 5.62. The van der Waals surface area contributed by atoms with Gasteiger partial charge < -0.3 is 20.1 Å². The van der Waals surface area contributed by atoms with Crippen molar-refractivity contribution >= 4 is 5.82 Å². The molecule has 32 heavy (non-hydrogen) atoms. The molecular formula is C22H20F2N6O2. The van der Waals surface area contributed by atoms with Gasteiger partial charge in [0.05, 0.1) is 17.5 Å². The molecule has 0 bridgehead atoms. The molecule has 1 aliphatic heterocycles. The third kappa shape index (κ3) is 5.44. The zero-order valence-electron chi connectivity index (χ0n) is 17.0. The Bertz CT molecular complexity index is 1100. The van der Waals surface area contributed by atoms with Crippen molar-refractivity contribution in [3.05, 3.63) is 54.5 Å². The monoisotopic (exact) mass is 438 g/mol. The minimum atomic E-state index is -2.90. The highest BCUT2D eigenvalue weighted by Crippen LogP contribution is 2.30. The van der Waals surface area contributed by atoms with Crippen LogP contribution in [0.5, 0.6) is 17.4 Å². The van der Waals surface area contributed by atoms with Gasteiger partial charge in [-0.2, -0.15) is 14.0 Å². The van der Waals surface area contributed by atoms with Crippen LogP contribution < -0.4 is 20.1 Å². The average molecular weight is 438 g/mol. The number of pyridine rings is 1. The van der Waals surface area contributed by atoms with Crippen LogP contribution in [-0.2, 0) is 0 Å². The van der Waals surface area contributed by atoms with E-state index in [0.29, 0.717) is 41.0 Å². The number of hydrogen-bond donors (Lipinski definition) is 2. The van der Waals surface area contributed by atoms with Crippen molar-refractivity contribution in [3.63, 3.8) is 0 Å². The molecule has 1 aliphatic rings. The van der Waals surface area contributed by atoms with E-state index in [2.05, 4.69) is 30.3 Å². The Kier molecular flexibility index (Phi) is 6.67. The zero-order valence-corrected chi connectivity index (χ0v) is 17.0. The lowest BCUT2D eigenvalue weighted by Gasteiger charge is -2.15. The number of benzene rings is 1. The number of nitriles is 1. The van der Waals surface area contributed by atoms with Crippen LogP contribution in [0.1, 0.15) is 18.4 Å². The van der Waals surface area contributed by atoms with Crippen LogP contribution in [-0.4, -0.2) is 40.7 Å². The Morgan fingerprint density at radius 3 is 2.72 bits per heavy atom. The largest absolute Gasteiger partial charge is 0.436 e. The number of nitrogens with zero attached hydrogens (tertiary/aromatic N) is 4. The SMILES string of the molecule is N#Cc1cncc(-c2cnc(NC[C@@H]3CCCN3)c(Oc3ccc(OC(F)F)cc3)n2)c1. The second-order valence-electron chi connectivity index (χ2n) is 7.11. The van der Waals surface area contributed by atoms with Crippen LogP contribution in [0.4, 0.5) is 14.6 Å². The smallest absolute Gasteiger partial charge is 0.387 e. The fraction of sp³-hybridized carbons (Fsp3) is 0.273. The van der Waals surface area contributed by atoms with Gasteiger partial charge in [0.1, 0.15) is 17.6 Å². The van der Waals surface area contributed by atoms with E-state index in [1.54, 1.807) is 18.5 Å². The first-order valence-corrected chi connectivity index (χ1v) is 10.0. The Labute approximate surface area is 183 Å². The molecule has 4 rings (SSSR count). The molecule has 2 aromatic heterocycles. The first-order chi connectivity index (χ1) is 15.6. The highest BCUT2D eigenvalue weighted by atomic mass is 19.3. The predicted molar refractivity (Wildman–Crippen MR) is 113 cm³/mol. The number of ether oxygens (including phenoxy) is 2. The lowest BCUT2D eigenvalue weighted by molar-refractivity contribution is -0.0498. The fourth-order valence-electron chi connectivity index (χ4n) is 3.30. The van der Waals surface area contributed by atoms with Gasteiger partial charge in [0, 0.05) is 30.5 Å². The van der Waals surface area contributed by atoms with Gasteiger partial charge in [0.2, 0.25) is 0 Å². The van der Waals surface area contributed by atoms with Crippen molar-refractivity contribution in [2.75, 3.05) is 18.4 Å². The number of alkyl halides is 2. The van der Waals surface area contributed by atoms with Crippen molar-refractivity contribution < 1.29 is 18.3 Å². The van der Waals surface area contributed by atoms with E-state index in [0.717, 1.165) is 19.4 Å². The van der Waals surface area contributed by atoms with Gasteiger partial charge in [-0.15, -0.1) is 0 Å². The Balaban J connectivity index is 1.60. The predicted octanol–water partition coefficient (Wildman–Crippen LogP) is 3.97. The molecule has 3 heterocycles. The van der Waals surface area contributed by atoms with E-state index >= 15 is 0 Å². The van der Waals surface area contributed by atoms with Crippen LogP contribution >= 0.6 is 0 Å². The molecule has 0 amide bonds. The van der Waals surface area contributed by atoms with Crippen LogP contribution in [0.25, 0.3) is 11.3 Å². The van der Waals surface area contributed by atoms with E-state index in [4.69, 9.17) is 10.00 Å². The summed E-state index contributed by atoms with van der Waals surface area (Å²) in [5.41, 5.74) is 1.49. The van der Waals surface area contributed by atoms with Gasteiger partial charge in [-0.25, -0.2) is 9.97 Å². The first kappa shape index (κ1) is 21.4. The number of hydrogen-bond acceptors (Lipinski definition) is 8. The highest BCUT2D eigenvalue weighted by Gasteiger charge is 2.17. The van der Waals surface area contributed by atoms with Gasteiger partial charge in [-0.1, -0.05) is 0 Å². The number of halogens is 2. The van der Waals surface area contributed by atoms with Gasteiger partial charge >= 0.3 is 6.61 Å². The van der Waals surface area contributed by atoms with Gasteiger partial charge in [-0.05, 0) is 49.7 Å². The molecule has 1 saturated heterocycles. The lowest BCUT2D eigenvalue weighted by atomic mass is 10.2. The molecule has 0 aliphatic carbocycles. The average Bonchev–Trinajstić information content (AvgIpc) is 3.33. The molecule has 10 heteroatoms. The Hall–Kier alpha value is -3.84. The third-order valence-corrected chi connectivity index (χ3v) is 4.85. The summed E-state index contributed by atoms with van der Waals surface area (Å²) in [5, 5.41) is 15.8.